The Morgan fingerprint density at radius 1 is 1.23 bits per heavy atom. The van der Waals surface area contributed by atoms with E-state index in [0.29, 0.717) is 6.42 Å². The van der Waals surface area contributed by atoms with E-state index in [1.54, 1.807) is 18.6 Å². The number of aromatic nitrogens is 2. The van der Waals surface area contributed by atoms with Crippen molar-refractivity contribution in [3.63, 3.8) is 0 Å². The minimum Gasteiger partial charge on any atom is -0.359 e. The van der Waals surface area contributed by atoms with Crippen LogP contribution in [0.3, 0.4) is 0 Å². The molecule has 5 nitrogen and oxygen atoms in total. The zero-order chi connectivity index (χ0) is 15.8. The Morgan fingerprint density at radius 2 is 2.00 bits per heavy atom. The highest BCUT2D eigenvalue weighted by atomic mass is 16.1. The SMILES string of the molecule is CCCC(=O)Nc1ccc(N(C)CCc2ccncc2)nc1. The topological polar surface area (TPSA) is 58.1 Å². The Kier molecular flexibility index (Phi) is 5.89. The summed E-state index contributed by atoms with van der Waals surface area (Å²) in [4.78, 5) is 22.1. The molecule has 0 fully saturated rings. The van der Waals surface area contributed by atoms with Crippen LogP contribution in [0.4, 0.5) is 11.5 Å². The molecule has 0 aromatic carbocycles. The molecule has 5 heteroatoms. The van der Waals surface area contributed by atoms with Gasteiger partial charge in [0, 0.05) is 32.4 Å². The van der Waals surface area contributed by atoms with E-state index in [-0.39, 0.29) is 5.91 Å². The van der Waals surface area contributed by atoms with E-state index < -0.39 is 0 Å². The van der Waals surface area contributed by atoms with Gasteiger partial charge in [0.1, 0.15) is 5.82 Å². The van der Waals surface area contributed by atoms with Crippen LogP contribution in [0.15, 0.2) is 42.9 Å². The van der Waals surface area contributed by atoms with Crippen LogP contribution in [0.2, 0.25) is 0 Å². The Morgan fingerprint density at radius 3 is 2.64 bits per heavy atom. The van der Waals surface area contributed by atoms with Gasteiger partial charge in [-0.05, 0) is 42.7 Å². The van der Waals surface area contributed by atoms with Crippen LogP contribution >= 0.6 is 0 Å². The molecule has 0 atom stereocenters. The summed E-state index contributed by atoms with van der Waals surface area (Å²) in [5, 5.41) is 2.84. The molecule has 0 spiro atoms. The van der Waals surface area contributed by atoms with Gasteiger partial charge in [-0.3, -0.25) is 9.78 Å². The number of pyridine rings is 2. The third-order valence-electron chi connectivity index (χ3n) is 3.39. The summed E-state index contributed by atoms with van der Waals surface area (Å²) < 4.78 is 0. The summed E-state index contributed by atoms with van der Waals surface area (Å²) in [6.07, 6.45) is 7.63. The first-order valence-electron chi connectivity index (χ1n) is 7.55. The number of likely N-dealkylation sites (N-methyl/N-ethyl adjacent to an activating group) is 1. The number of carbonyl (C=O) groups excluding carboxylic acids is 1. The molecule has 1 amide bonds. The second kappa shape index (κ2) is 8.12. The third-order valence-corrected chi connectivity index (χ3v) is 3.39. The predicted molar refractivity (Wildman–Crippen MR) is 89.0 cm³/mol. The number of hydrogen-bond acceptors (Lipinski definition) is 4. The van der Waals surface area contributed by atoms with E-state index in [0.717, 1.165) is 30.9 Å². The lowest BCUT2D eigenvalue weighted by Gasteiger charge is -2.18. The summed E-state index contributed by atoms with van der Waals surface area (Å²) in [6.45, 7) is 2.86. The summed E-state index contributed by atoms with van der Waals surface area (Å²) >= 11 is 0. The van der Waals surface area contributed by atoms with Crippen molar-refractivity contribution < 1.29 is 4.79 Å². The van der Waals surface area contributed by atoms with Gasteiger partial charge in [0.15, 0.2) is 0 Å². The van der Waals surface area contributed by atoms with Crippen molar-refractivity contribution in [1.29, 1.82) is 0 Å². The molecule has 2 heterocycles. The molecule has 2 aromatic heterocycles. The Balaban J connectivity index is 1.88. The van der Waals surface area contributed by atoms with Crippen molar-refractivity contribution in [2.24, 2.45) is 0 Å². The second-order valence-corrected chi connectivity index (χ2v) is 5.23. The summed E-state index contributed by atoms with van der Waals surface area (Å²) in [5.74, 6) is 0.922. The normalized spacial score (nSPS) is 10.3. The van der Waals surface area contributed by atoms with E-state index in [2.05, 4.69) is 20.2 Å². The molecule has 2 rings (SSSR count). The molecule has 0 aliphatic carbocycles. The average Bonchev–Trinajstić information content (AvgIpc) is 2.54. The summed E-state index contributed by atoms with van der Waals surface area (Å²) in [7, 11) is 2.01. The zero-order valence-corrected chi connectivity index (χ0v) is 13.1. The van der Waals surface area contributed by atoms with Crippen LogP contribution in [-0.2, 0) is 11.2 Å². The largest absolute Gasteiger partial charge is 0.359 e. The lowest BCUT2D eigenvalue weighted by atomic mass is 10.2. The first kappa shape index (κ1) is 15.9. The number of nitrogens with zero attached hydrogens (tertiary/aromatic N) is 3. The quantitative estimate of drug-likeness (QED) is 0.854. The zero-order valence-electron chi connectivity index (χ0n) is 13.1. The van der Waals surface area contributed by atoms with Gasteiger partial charge in [-0.1, -0.05) is 6.92 Å². The van der Waals surface area contributed by atoms with Crippen LogP contribution in [0, 0.1) is 0 Å². The molecular weight excluding hydrogens is 276 g/mol. The fourth-order valence-electron chi connectivity index (χ4n) is 2.10. The molecule has 0 saturated carbocycles. The van der Waals surface area contributed by atoms with Gasteiger partial charge in [-0.25, -0.2) is 4.98 Å². The molecule has 0 unspecified atom stereocenters. The molecule has 0 saturated heterocycles. The van der Waals surface area contributed by atoms with Gasteiger partial charge in [0.05, 0.1) is 11.9 Å². The highest BCUT2D eigenvalue weighted by Crippen LogP contribution is 2.14. The number of hydrogen-bond donors (Lipinski definition) is 1. The van der Waals surface area contributed by atoms with Gasteiger partial charge in [-0.15, -0.1) is 0 Å². The van der Waals surface area contributed by atoms with Crippen molar-refractivity contribution >= 4 is 17.4 Å². The first-order valence-corrected chi connectivity index (χ1v) is 7.55. The minimum atomic E-state index is 0.0306. The molecule has 0 aliphatic heterocycles. The fraction of sp³-hybridized carbons (Fsp3) is 0.353. The van der Waals surface area contributed by atoms with Gasteiger partial charge < -0.3 is 10.2 Å². The highest BCUT2D eigenvalue weighted by molar-refractivity contribution is 5.90. The van der Waals surface area contributed by atoms with E-state index in [1.807, 2.05) is 38.2 Å². The number of carbonyl (C=O) groups is 1. The highest BCUT2D eigenvalue weighted by Gasteiger charge is 2.05. The molecule has 0 aliphatic rings. The molecule has 0 bridgehead atoms. The van der Waals surface area contributed by atoms with Crippen LogP contribution < -0.4 is 10.2 Å². The maximum absolute atomic E-state index is 11.5. The first-order chi connectivity index (χ1) is 10.7. The van der Waals surface area contributed by atoms with Crippen LogP contribution in [-0.4, -0.2) is 29.5 Å². The molecular formula is C17H22N4O. The molecule has 2 aromatic rings. The maximum Gasteiger partial charge on any atom is 0.224 e. The summed E-state index contributed by atoms with van der Waals surface area (Å²) in [6, 6.07) is 7.86. The van der Waals surface area contributed by atoms with E-state index >= 15 is 0 Å². The van der Waals surface area contributed by atoms with Gasteiger partial charge in [-0.2, -0.15) is 0 Å². The summed E-state index contributed by atoms with van der Waals surface area (Å²) in [5.41, 5.74) is 2.00. The standard InChI is InChI=1S/C17H22N4O/c1-3-4-17(22)20-15-5-6-16(19-13-15)21(2)12-9-14-7-10-18-11-8-14/h5-8,10-11,13H,3-4,9,12H2,1-2H3,(H,20,22). The molecule has 0 radical (unpaired) electrons. The van der Waals surface area contributed by atoms with Crippen LogP contribution in [0.5, 0.6) is 0 Å². The van der Waals surface area contributed by atoms with Crippen molar-refractivity contribution in [3.8, 4) is 0 Å². The van der Waals surface area contributed by atoms with Crippen molar-refractivity contribution in [2.45, 2.75) is 26.2 Å². The maximum atomic E-state index is 11.5. The molecule has 1 N–H and O–H groups in total. The van der Waals surface area contributed by atoms with Gasteiger partial charge in [0.25, 0.3) is 0 Å². The smallest absolute Gasteiger partial charge is 0.224 e. The van der Waals surface area contributed by atoms with Gasteiger partial charge >= 0.3 is 0 Å². The third kappa shape index (κ3) is 4.84. The number of nitrogens with one attached hydrogen (secondary N) is 1. The van der Waals surface area contributed by atoms with Crippen molar-refractivity contribution in [3.05, 3.63) is 48.4 Å². The lowest BCUT2D eigenvalue weighted by molar-refractivity contribution is -0.116. The van der Waals surface area contributed by atoms with Crippen LogP contribution in [0.1, 0.15) is 25.3 Å². The van der Waals surface area contributed by atoms with Gasteiger partial charge in [0.2, 0.25) is 5.91 Å². The predicted octanol–water partition coefficient (Wildman–Crippen LogP) is 2.89. The van der Waals surface area contributed by atoms with E-state index in [4.69, 9.17) is 0 Å². The molecule has 22 heavy (non-hydrogen) atoms. The van der Waals surface area contributed by atoms with E-state index in [1.165, 1.54) is 5.56 Å². The molecule has 116 valence electrons. The van der Waals surface area contributed by atoms with Crippen LogP contribution in [0.25, 0.3) is 0 Å². The Bertz CT molecular complexity index is 583. The number of anilines is 2. The number of rotatable bonds is 7. The van der Waals surface area contributed by atoms with Crippen molar-refractivity contribution in [1.82, 2.24) is 9.97 Å². The second-order valence-electron chi connectivity index (χ2n) is 5.23. The minimum absolute atomic E-state index is 0.0306. The fourth-order valence-corrected chi connectivity index (χ4v) is 2.10. The van der Waals surface area contributed by atoms with Crippen molar-refractivity contribution in [2.75, 3.05) is 23.8 Å². The average molecular weight is 298 g/mol. The van der Waals surface area contributed by atoms with E-state index in [9.17, 15) is 4.79 Å². The Labute approximate surface area is 131 Å². The number of amides is 1. The monoisotopic (exact) mass is 298 g/mol. The lowest BCUT2D eigenvalue weighted by Crippen LogP contribution is -2.21. The Hall–Kier alpha value is -2.43.